The molecule has 0 radical (unpaired) electrons. The zero-order valence-electron chi connectivity index (χ0n) is 31.8. The van der Waals surface area contributed by atoms with E-state index in [1.54, 1.807) is 0 Å². The average Bonchev–Trinajstić information content (AvgIpc) is 4.05. The molecule has 1 N–H and O–H groups in total. The molecule has 1 aliphatic heterocycles. The van der Waals surface area contributed by atoms with Crippen LogP contribution in [0.2, 0.25) is 0 Å². The number of nitrogens with zero attached hydrogens (tertiary/aromatic N) is 2. The van der Waals surface area contributed by atoms with Gasteiger partial charge in [-0.3, -0.25) is 0 Å². The van der Waals surface area contributed by atoms with Crippen molar-refractivity contribution < 1.29 is 0 Å². The van der Waals surface area contributed by atoms with Crippen molar-refractivity contribution in [2.45, 2.75) is 5.37 Å². The number of benzene rings is 10. The second kappa shape index (κ2) is 11.7. The number of aromatic nitrogens is 2. The highest BCUT2D eigenvalue weighted by molar-refractivity contribution is 8.09. The number of thioether (sulfide) groups is 1. The average molecular weight is 768 g/mol. The number of hydrogen-bond donors (Lipinski definition) is 1. The molecule has 1 atom stereocenters. The van der Waals surface area contributed by atoms with Crippen LogP contribution in [0.3, 0.4) is 0 Å². The largest absolute Gasteiger partial charge is 0.368 e. The molecule has 1 aliphatic carbocycles. The lowest BCUT2D eigenvalue weighted by atomic mass is 9.90. The highest BCUT2D eigenvalue weighted by Gasteiger charge is 2.35. The predicted molar refractivity (Wildman–Crippen MR) is 251 cm³/mol. The lowest BCUT2D eigenvalue weighted by molar-refractivity contribution is 0.882. The van der Waals surface area contributed by atoms with Gasteiger partial charge in [0.05, 0.1) is 33.5 Å². The standard InChI is InChI=1S/C55H33N3S/c1-3-11-33(12-4-1)55-56-53-41-25-20-32-19-24-40-47(28-23-36-31-44(54(53)59-55)52(41)51(32)50(36)40)58-46-18-10-8-16-39(46)43-30-35(22-27-49(43)58)34-21-26-48-42(29-34)38-15-7-9-17-45(38)57(48)37-13-5-2-6-14-37/h1-31,55-56H. The summed E-state index contributed by atoms with van der Waals surface area (Å²) in [5.74, 6) is 0. The quantitative estimate of drug-likeness (QED) is 0.180. The Bertz CT molecular complexity index is 3780. The summed E-state index contributed by atoms with van der Waals surface area (Å²) in [5, 5.41) is 17.1. The minimum absolute atomic E-state index is 0.214. The van der Waals surface area contributed by atoms with Gasteiger partial charge < -0.3 is 14.5 Å². The fraction of sp³-hybridized carbons (Fsp3) is 0.0182. The van der Waals surface area contributed by atoms with Gasteiger partial charge in [0.2, 0.25) is 0 Å². The zero-order valence-corrected chi connectivity index (χ0v) is 32.6. The lowest BCUT2D eigenvalue weighted by Gasteiger charge is -2.20. The Hall–Kier alpha value is -7.27. The van der Waals surface area contributed by atoms with Crippen LogP contribution in [0.1, 0.15) is 22.1 Å². The SMILES string of the molecule is c1ccc(C2NC3=C(S2)c2cc4ccc(-n5c6ccccc6c6cc(-c7ccc8c(c7)c7ccccc7n8-c7ccccc7)ccc65)c5ccc6ccc3c2c6c45)cc1. The van der Waals surface area contributed by atoms with Gasteiger partial charge in [0.15, 0.2) is 0 Å². The molecule has 12 aromatic rings. The van der Waals surface area contributed by atoms with E-state index in [4.69, 9.17) is 0 Å². The fourth-order valence-corrected chi connectivity index (χ4v) is 11.8. The first kappa shape index (κ1) is 31.8. The van der Waals surface area contributed by atoms with Crippen LogP contribution in [0.15, 0.2) is 188 Å². The molecule has 1 unspecified atom stereocenters. The van der Waals surface area contributed by atoms with E-state index < -0.39 is 0 Å². The molecule has 3 heterocycles. The van der Waals surface area contributed by atoms with E-state index in [-0.39, 0.29) is 5.37 Å². The number of rotatable bonds is 4. The minimum atomic E-state index is 0.214. The summed E-state index contributed by atoms with van der Waals surface area (Å²) in [6, 6.07) is 69.7. The van der Waals surface area contributed by atoms with Crippen molar-refractivity contribution >= 4 is 98.3 Å². The third kappa shape index (κ3) is 4.28. The third-order valence-corrected chi connectivity index (χ3v) is 14.3. The number of fused-ring (bicyclic) bond motifs is 8. The maximum absolute atomic E-state index is 3.92. The minimum Gasteiger partial charge on any atom is -0.368 e. The molecule has 0 fully saturated rings. The summed E-state index contributed by atoms with van der Waals surface area (Å²) in [7, 11) is 0. The normalized spacial score (nSPS) is 14.9. The van der Waals surface area contributed by atoms with Gasteiger partial charge in [-0.15, -0.1) is 0 Å². The van der Waals surface area contributed by atoms with Crippen LogP contribution in [0.4, 0.5) is 0 Å². The molecule has 0 bridgehead atoms. The van der Waals surface area contributed by atoms with Crippen LogP contribution in [0.5, 0.6) is 0 Å². The van der Waals surface area contributed by atoms with Gasteiger partial charge in [-0.2, -0.15) is 0 Å². The summed E-state index contributed by atoms with van der Waals surface area (Å²) in [5.41, 5.74) is 15.0. The van der Waals surface area contributed by atoms with Crippen molar-refractivity contribution in [2.24, 2.45) is 0 Å². The summed E-state index contributed by atoms with van der Waals surface area (Å²) in [6.07, 6.45) is 0. The topological polar surface area (TPSA) is 21.9 Å². The first-order valence-electron chi connectivity index (χ1n) is 20.4. The fourth-order valence-electron chi connectivity index (χ4n) is 10.5. The molecule has 10 aromatic carbocycles. The Morgan fingerprint density at radius 2 is 1.02 bits per heavy atom. The van der Waals surface area contributed by atoms with Crippen LogP contribution >= 0.6 is 11.8 Å². The predicted octanol–water partition coefficient (Wildman–Crippen LogP) is 14.6. The van der Waals surface area contributed by atoms with Crippen molar-refractivity contribution in [1.82, 2.24) is 14.5 Å². The first-order valence-corrected chi connectivity index (χ1v) is 21.3. The van der Waals surface area contributed by atoms with Crippen LogP contribution in [-0.2, 0) is 0 Å². The molecular weight excluding hydrogens is 735 g/mol. The van der Waals surface area contributed by atoms with Gasteiger partial charge in [0.1, 0.15) is 5.37 Å². The van der Waals surface area contributed by atoms with Crippen molar-refractivity contribution in [2.75, 3.05) is 0 Å². The maximum Gasteiger partial charge on any atom is 0.103 e. The van der Waals surface area contributed by atoms with E-state index >= 15 is 0 Å². The molecule has 0 spiro atoms. The number of para-hydroxylation sites is 3. The molecule has 0 saturated carbocycles. The van der Waals surface area contributed by atoms with Crippen molar-refractivity contribution in [3.05, 3.63) is 205 Å². The van der Waals surface area contributed by atoms with Crippen LogP contribution in [0.25, 0.3) is 109 Å². The van der Waals surface area contributed by atoms with E-state index in [2.05, 4.69) is 203 Å². The second-order valence-electron chi connectivity index (χ2n) is 16.1. The molecule has 0 saturated heterocycles. The van der Waals surface area contributed by atoms with Crippen molar-refractivity contribution in [3.8, 4) is 22.5 Å². The first-order chi connectivity index (χ1) is 29.3. The van der Waals surface area contributed by atoms with Gasteiger partial charge >= 0.3 is 0 Å². The van der Waals surface area contributed by atoms with Gasteiger partial charge in [0.25, 0.3) is 0 Å². The Kier molecular flexibility index (Phi) is 6.28. The van der Waals surface area contributed by atoms with E-state index in [1.165, 1.54) is 126 Å². The molecule has 2 aliphatic rings. The molecule has 4 heteroatoms. The Balaban J connectivity index is 0.938. The highest BCUT2D eigenvalue weighted by Crippen LogP contribution is 2.57. The van der Waals surface area contributed by atoms with E-state index in [0.717, 1.165) is 0 Å². The van der Waals surface area contributed by atoms with E-state index in [0.29, 0.717) is 0 Å². The van der Waals surface area contributed by atoms with Gasteiger partial charge in [-0.05, 0) is 104 Å². The molecule has 2 aromatic heterocycles. The monoisotopic (exact) mass is 767 g/mol. The lowest BCUT2D eigenvalue weighted by Crippen LogP contribution is -2.12. The van der Waals surface area contributed by atoms with Gasteiger partial charge in [-0.1, -0.05) is 139 Å². The summed E-state index contributed by atoms with van der Waals surface area (Å²) in [6.45, 7) is 0. The summed E-state index contributed by atoms with van der Waals surface area (Å²) in [4.78, 5) is 1.37. The Labute approximate surface area is 343 Å². The van der Waals surface area contributed by atoms with Gasteiger partial charge in [0, 0.05) is 48.5 Å². The molecule has 3 nitrogen and oxygen atoms in total. The summed E-state index contributed by atoms with van der Waals surface area (Å²) >= 11 is 1.95. The maximum atomic E-state index is 3.92. The molecule has 0 amide bonds. The molecule has 274 valence electrons. The van der Waals surface area contributed by atoms with E-state index in [9.17, 15) is 0 Å². The second-order valence-corrected chi connectivity index (χ2v) is 17.2. The highest BCUT2D eigenvalue weighted by atomic mass is 32.2. The Morgan fingerprint density at radius 1 is 0.407 bits per heavy atom. The Morgan fingerprint density at radius 3 is 1.76 bits per heavy atom. The van der Waals surface area contributed by atoms with E-state index in [1.807, 2.05) is 11.8 Å². The van der Waals surface area contributed by atoms with Gasteiger partial charge in [-0.25, -0.2) is 0 Å². The van der Waals surface area contributed by atoms with Crippen molar-refractivity contribution in [1.29, 1.82) is 0 Å². The zero-order chi connectivity index (χ0) is 38.3. The smallest absolute Gasteiger partial charge is 0.103 e. The van der Waals surface area contributed by atoms with Crippen LogP contribution < -0.4 is 5.32 Å². The molecule has 14 rings (SSSR count). The summed E-state index contributed by atoms with van der Waals surface area (Å²) < 4.78 is 4.88. The molecular formula is C55H33N3S. The van der Waals surface area contributed by atoms with Crippen LogP contribution in [-0.4, -0.2) is 9.13 Å². The third-order valence-electron chi connectivity index (χ3n) is 13.0. The van der Waals surface area contributed by atoms with Crippen LogP contribution in [0, 0.1) is 0 Å². The van der Waals surface area contributed by atoms with Crippen molar-refractivity contribution in [3.63, 3.8) is 0 Å². The number of hydrogen-bond acceptors (Lipinski definition) is 2. The molecule has 59 heavy (non-hydrogen) atoms. The number of nitrogens with one attached hydrogen (secondary N) is 1.